The number of fused-ring (bicyclic) bond motifs is 12. The predicted molar refractivity (Wildman–Crippen MR) is 179 cm³/mol. The first-order valence-electron chi connectivity index (χ1n) is 14.9. The summed E-state index contributed by atoms with van der Waals surface area (Å²) in [6.07, 6.45) is 0.922. The summed E-state index contributed by atoms with van der Waals surface area (Å²) in [6.45, 7) is 0. The predicted octanol–water partition coefficient (Wildman–Crippen LogP) is 11.1. The van der Waals surface area contributed by atoms with Crippen molar-refractivity contribution in [3.05, 3.63) is 151 Å². The summed E-state index contributed by atoms with van der Waals surface area (Å²) in [6, 6.07) is 50.6. The molecule has 2 nitrogen and oxygen atoms in total. The van der Waals surface area contributed by atoms with Crippen molar-refractivity contribution in [1.29, 1.82) is 0 Å². The second-order valence-corrected chi connectivity index (χ2v) is 11.7. The van der Waals surface area contributed by atoms with Crippen LogP contribution in [0.4, 0.5) is 0 Å². The Morgan fingerprint density at radius 3 is 1.93 bits per heavy atom. The van der Waals surface area contributed by atoms with Crippen molar-refractivity contribution in [1.82, 2.24) is 4.57 Å². The average Bonchev–Trinajstić information content (AvgIpc) is 3.73. The molecule has 1 aliphatic rings. The van der Waals surface area contributed by atoms with E-state index in [0.717, 1.165) is 23.3 Å². The number of para-hydroxylation sites is 2. The van der Waals surface area contributed by atoms with Crippen LogP contribution in [0.15, 0.2) is 144 Å². The number of rotatable bonds is 2. The van der Waals surface area contributed by atoms with Gasteiger partial charge in [0.2, 0.25) is 0 Å². The minimum absolute atomic E-state index is 0.922. The first-order chi connectivity index (χ1) is 21.3. The fourth-order valence-electron chi connectivity index (χ4n) is 7.53. The van der Waals surface area contributed by atoms with Gasteiger partial charge >= 0.3 is 0 Å². The van der Waals surface area contributed by atoms with Crippen LogP contribution in [0.25, 0.3) is 82.5 Å². The molecule has 43 heavy (non-hydrogen) atoms. The number of furan rings is 1. The summed E-state index contributed by atoms with van der Waals surface area (Å²) in [5.74, 6) is 0. The van der Waals surface area contributed by atoms with Gasteiger partial charge in [0.15, 0.2) is 0 Å². The molecule has 0 bridgehead atoms. The molecule has 0 N–H and O–H groups in total. The molecule has 0 atom stereocenters. The molecule has 0 spiro atoms. The van der Waals surface area contributed by atoms with Gasteiger partial charge in [-0.25, -0.2) is 0 Å². The molecule has 0 saturated heterocycles. The van der Waals surface area contributed by atoms with Gasteiger partial charge < -0.3 is 8.98 Å². The van der Waals surface area contributed by atoms with Gasteiger partial charge in [0, 0.05) is 38.6 Å². The maximum absolute atomic E-state index is 6.92. The largest absolute Gasteiger partial charge is 0.455 e. The minimum Gasteiger partial charge on any atom is -0.455 e. The van der Waals surface area contributed by atoms with Gasteiger partial charge in [0.1, 0.15) is 11.2 Å². The van der Waals surface area contributed by atoms with Gasteiger partial charge in [0.25, 0.3) is 0 Å². The van der Waals surface area contributed by atoms with Crippen molar-refractivity contribution in [3.63, 3.8) is 0 Å². The van der Waals surface area contributed by atoms with Gasteiger partial charge in [0.05, 0.1) is 16.7 Å². The molecule has 2 heterocycles. The van der Waals surface area contributed by atoms with Gasteiger partial charge in [-0.15, -0.1) is 0 Å². The molecule has 2 aromatic heterocycles. The van der Waals surface area contributed by atoms with E-state index in [1.807, 2.05) is 0 Å². The van der Waals surface area contributed by atoms with E-state index >= 15 is 0 Å². The Morgan fingerprint density at radius 1 is 0.488 bits per heavy atom. The topological polar surface area (TPSA) is 18.1 Å². The maximum Gasteiger partial charge on any atom is 0.143 e. The molecule has 7 aromatic carbocycles. The number of hydrogen-bond acceptors (Lipinski definition) is 1. The van der Waals surface area contributed by atoms with Gasteiger partial charge in [-0.2, -0.15) is 0 Å². The minimum atomic E-state index is 0.922. The highest BCUT2D eigenvalue weighted by Gasteiger charge is 2.26. The monoisotopic (exact) mass is 547 g/mol. The van der Waals surface area contributed by atoms with Crippen LogP contribution in [0.5, 0.6) is 0 Å². The highest BCUT2D eigenvalue weighted by atomic mass is 16.3. The molecule has 9 aromatic rings. The summed E-state index contributed by atoms with van der Waals surface area (Å²) < 4.78 is 9.33. The Bertz CT molecular complexity index is 2530. The molecular weight excluding hydrogens is 522 g/mol. The van der Waals surface area contributed by atoms with Gasteiger partial charge in [-0.05, 0) is 51.8 Å². The van der Waals surface area contributed by atoms with Gasteiger partial charge in [-0.3, -0.25) is 0 Å². The Labute approximate surface area is 248 Å². The number of benzene rings is 7. The lowest BCUT2D eigenvalue weighted by Crippen LogP contribution is -1.95. The molecule has 200 valence electrons. The van der Waals surface area contributed by atoms with E-state index in [2.05, 4.69) is 144 Å². The molecule has 0 fully saturated rings. The van der Waals surface area contributed by atoms with Crippen LogP contribution in [0, 0.1) is 0 Å². The summed E-state index contributed by atoms with van der Waals surface area (Å²) in [5, 5.41) is 7.32. The molecule has 10 rings (SSSR count). The fourth-order valence-corrected chi connectivity index (χ4v) is 7.53. The van der Waals surface area contributed by atoms with Crippen molar-refractivity contribution in [3.8, 4) is 27.9 Å². The maximum atomic E-state index is 6.92. The Kier molecular flexibility index (Phi) is 4.53. The van der Waals surface area contributed by atoms with Crippen molar-refractivity contribution in [2.45, 2.75) is 6.42 Å². The third kappa shape index (κ3) is 3.13. The number of nitrogens with zero attached hydrogens (tertiary/aromatic N) is 1. The Morgan fingerprint density at radius 2 is 1.16 bits per heavy atom. The zero-order chi connectivity index (χ0) is 28.1. The average molecular weight is 548 g/mol. The van der Waals surface area contributed by atoms with E-state index in [1.165, 1.54) is 76.7 Å². The second-order valence-electron chi connectivity index (χ2n) is 11.7. The summed E-state index contributed by atoms with van der Waals surface area (Å²) in [5.41, 5.74) is 13.2. The molecule has 0 saturated carbocycles. The number of hydrogen-bond donors (Lipinski definition) is 0. The molecule has 0 unspecified atom stereocenters. The lowest BCUT2D eigenvalue weighted by atomic mass is 9.97. The lowest BCUT2D eigenvalue weighted by Gasteiger charge is -2.12. The summed E-state index contributed by atoms with van der Waals surface area (Å²) in [7, 11) is 0. The highest BCUT2D eigenvalue weighted by Crippen LogP contribution is 2.47. The van der Waals surface area contributed by atoms with Gasteiger partial charge in [-0.1, -0.05) is 121 Å². The first-order valence-corrected chi connectivity index (χ1v) is 14.9. The summed E-state index contributed by atoms with van der Waals surface area (Å²) in [4.78, 5) is 0. The van der Waals surface area contributed by atoms with Crippen LogP contribution in [0.3, 0.4) is 0 Å². The third-order valence-electron chi connectivity index (χ3n) is 9.40. The molecule has 0 radical (unpaired) electrons. The highest BCUT2D eigenvalue weighted by molar-refractivity contribution is 6.23. The standard InChI is InChI=1S/C41H25NO/c1-2-10-25(11-3-1)26-18-20-29-28(22-26)23-27-19-21-34-40-33-15-5-4-14-32(33)37(24-38(40)43-41(34)39(27)29)42-35-16-8-6-12-30(35)31-13-7-9-17-36(31)42/h1-22,24H,23H2. The van der Waals surface area contributed by atoms with E-state index in [0.29, 0.717) is 0 Å². The van der Waals surface area contributed by atoms with Crippen LogP contribution < -0.4 is 0 Å². The second kappa shape index (κ2) is 8.47. The molecular formula is C41H25NO. The Hall–Kier alpha value is -5.60. The van der Waals surface area contributed by atoms with Crippen LogP contribution in [-0.2, 0) is 6.42 Å². The van der Waals surface area contributed by atoms with Crippen molar-refractivity contribution >= 4 is 54.5 Å². The number of aromatic nitrogens is 1. The molecule has 0 amide bonds. The molecule has 1 aliphatic carbocycles. The van der Waals surface area contributed by atoms with E-state index < -0.39 is 0 Å². The van der Waals surface area contributed by atoms with Crippen molar-refractivity contribution < 1.29 is 4.42 Å². The fraction of sp³-hybridized carbons (Fsp3) is 0.0244. The normalized spacial score (nSPS) is 12.6. The first kappa shape index (κ1) is 23.0. The van der Waals surface area contributed by atoms with E-state index in [4.69, 9.17) is 4.42 Å². The lowest BCUT2D eigenvalue weighted by molar-refractivity contribution is 0.670. The van der Waals surface area contributed by atoms with Crippen molar-refractivity contribution in [2.24, 2.45) is 0 Å². The van der Waals surface area contributed by atoms with E-state index in [-0.39, 0.29) is 0 Å². The van der Waals surface area contributed by atoms with Crippen LogP contribution >= 0.6 is 0 Å². The SMILES string of the molecule is c1ccc(-c2ccc3c(c2)Cc2ccc4c(oc5cc(-n6c7ccccc7c7ccccc76)c6ccccc6c54)c2-3)cc1. The van der Waals surface area contributed by atoms with E-state index in [1.54, 1.807) is 0 Å². The van der Waals surface area contributed by atoms with Crippen molar-refractivity contribution in [2.75, 3.05) is 0 Å². The summed E-state index contributed by atoms with van der Waals surface area (Å²) >= 11 is 0. The van der Waals surface area contributed by atoms with Crippen LogP contribution in [0.1, 0.15) is 11.1 Å². The third-order valence-corrected chi connectivity index (χ3v) is 9.40. The zero-order valence-corrected chi connectivity index (χ0v) is 23.3. The smallest absolute Gasteiger partial charge is 0.143 e. The van der Waals surface area contributed by atoms with Crippen LogP contribution in [0.2, 0.25) is 0 Å². The Balaban J connectivity index is 1.26. The van der Waals surface area contributed by atoms with E-state index in [9.17, 15) is 0 Å². The van der Waals surface area contributed by atoms with Crippen LogP contribution in [-0.4, -0.2) is 4.57 Å². The molecule has 0 aliphatic heterocycles. The quantitative estimate of drug-likeness (QED) is 0.210. The molecule has 2 heteroatoms. The zero-order valence-electron chi connectivity index (χ0n) is 23.3.